The summed E-state index contributed by atoms with van der Waals surface area (Å²) in [6.45, 7) is -0.106. The van der Waals surface area contributed by atoms with Gasteiger partial charge in [0.05, 0.1) is 6.42 Å². The molecule has 1 aromatic heterocycles. The van der Waals surface area contributed by atoms with Crippen LogP contribution in [0.25, 0.3) is 10.1 Å². The van der Waals surface area contributed by atoms with Gasteiger partial charge in [-0.2, -0.15) is 13.2 Å². The van der Waals surface area contributed by atoms with Crippen molar-refractivity contribution >= 4 is 44.1 Å². The average molecular weight is 368 g/mol. The molecule has 2 nitrogen and oxygen atoms in total. The Bertz CT molecular complexity index is 780. The summed E-state index contributed by atoms with van der Waals surface area (Å²) in [5.41, 5.74) is 6.29. The van der Waals surface area contributed by atoms with Crippen LogP contribution in [0.4, 0.5) is 23.9 Å². The number of rotatable bonds is 5. The lowest BCUT2D eigenvalue weighted by molar-refractivity contribution is -0.131. The van der Waals surface area contributed by atoms with E-state index >= 15 is 0 Å². The van der Waals surface area contributed by atoms with Crippen LogP contribution in [0.2, 0.25) is 0 Å². The lowest BCUT2D eigenvalue weighted by atomic mass is 10.3. The molecule has 0 unspecified atom stereocenters. The monoisotopic (exact) mass is 368 g/mol. The number of alkyl halides is 3. The maximum absolute atomic E-state index is 12.7. The fourth-order valence-corrected chi connectivity index (χ4v) is 4.23. The molecule has 0 bridgehead atoms. The first-order valence-corrected chi connectivity index (χ1v) is 8.86. The lowest BCUT2D eigenvalue weighted by Gasteiger charge is -2.22. The van der Waals surface area contributed by atoms with E-state index in [2.05, 4.69) is 0 Å². The molecule has 0 radical (unpaired) electrons. The molecule has 0 fully saturated rings. The van der Waals surface area contributed by atoms with E-state index in [1.54, 1.807) is 16.4 Å². The second kappa shape index (κ2) is 6.94. The highest BCUT2D eigenvalue weighted by Gasteiger charge is 2.28. The second-order valence-corrected chi connectivity index (χ2v) is 7.41. The molecular weight excluding hydrogens is 353 g/mol. The third-order valence-corrected chi connectivity index (χ3v) is 5.69. The van der Waals surface area contributed by atoms with Crippen molar-refractivity contribution < 1.29 is 13.2 Å². The van der Waals surface area contributed by atoms with Gasteiger partial charge in [0.2, 0.25) is 0 Å². The maximum atomic E-state index is 12.7. The van der Waals surface area contributed by atoms with Crippen molar-refractivity contribution in [1.82, 2.24) is 0 Å². The van der Waals surface area contributed by atoms with Crippen molar-refractivity contribution in [1.29, 1.82) is 0 Å². The number of halogens is 3. The summed E-state index contributed by atoms with van der Waals surface area (Å²) in [5, 5.41) is 1.84. The van der Waals surface area contributed by atoms with E-state index in [4.69, 9.17) is 5.73 Å². The molecule has 1 heterocycles. The summed E-state index contributed by atoms with van der Waals surface area (Å²) in [6, 6.07) is 16.8. The molecule has 126 valence electrons. The van der Waals surface area contributed by atoms with Crippen LogP contribution >= 0.6 is 23.3 Å². The summed E-state index contributed by atoms with van der Waals surface area (Å²) < 4.78 is 40.8. The lowest BCUT2D eigenvalue weighted by Crippen LogP contribution is -2.21. The minimum absolute atomic E-state index is 0.106. The van der Waals surface area contributed by atoms with Gasteiger partial charge in [-0.15, -0.1) is 11.3 Å². The number of fused-ring (bicyclic) bond motifs is 1. The number of hydrogen-bond acceptors (Lipinski definition) is 4. The maximum Gasteiger partial charge on any atom is 0.390 e. The number of nitrogens with zero attached hydrogens (tertiary/aromatic N) is 1. The first-order valence-electron chi connectivity index (χ1n) is 7.27. The predicted octanol–water partition coefficient (Wildman–Crippen LogP) is 5.95. The van der Waals surface area contributed by atoms with Gasteiger partial charge in [-0.25, -0.2) is 0 Å². The van der Waals surface area contributed by atoms with Crippen LogP contribution in [0, 0.1) is 0 Å². The number of thiophene rings is 1. The van der Waals surface area contributed by atoms with Crippen LogP contribution in [0.15, 0.2) is 59.5 Å². The number of hydrogen-bond donors (Lipinski definition) is 1. The zero-order valence-corrected chi connectivity index (χ0v) is 14.2. The fraction of sp³-hybridized carbons (Fsp3) is 0.176. The third-order valence-electron chi connectivity index (χ3n) is 3.35. The molecular formula is C17H15F3N2S2. The number of anilines is 2. The van der Waals surface area contributed by atoms with Gasteiger partial charge in [0.1, 0.15) is 5.00 Å². The van der Waals surface area contributed by atoms with E-state index in [1.165, 1.54) is 23.3 Å². The Labute approximate surface area is 146 Å². The molecule has 2 N–H and O–H groups in total. The highest BCUT2D eigenvalue weighted by atomic mass is 32.2. The molecule has 0 atom stereocenters. The van der Waals surface area contributed by atoms with E-state index in [0.29, 0.717) is 5.69 Å². The van der Waals surface area contributed by atoms with Gasteiger partial charge in [0, 0.05) is 21.8 Å². The normalized spacial score (nSPS) is 11.8. The first kappa shape index (κ1) is 17.0. The van der Waals surface area contributed by atoms with Gasteiger partial charge < -0.3 is 10.0 Å². The Morgan fingerprint density at radius 3 is 2.42 bits per heavy atom. The number of benzene rings is 2. The van der Waals surface area contributed by atoms with Gasteiger partial charge in [0.25, 0.3) is 0 Å². The van der Waals surface area contributed by atoms with Crippen LogP contribution in [-0.4, -0.2) is 12.7 Å². The minimum Gasteiger partial charge on any atom is -0.399 e. The van der Waals surface area contributed by atoms with Gasteiger partial charge in [-0.05, 0) is 53.7 Å². The Balaban J connectivity index is 1.86. The molecule has 0 aliphatic rings. The minimum atomic E-state index is -4.18. The van der Waals surface area contributed by atoms with E-state index < -0.39 is 12.6 Å². The summed E-state index contributed by atoms with van der Waals surface area (Å²) in [4.78, 5) is 0.851. The van der Waals surface area contributed by atoms with Gasteiger partial charge in [-0.3, -0.25) is 0 Å². The molecule has 7 heteroatoms. The SMILES string of the molecule is Nc1ccc(SN(CCC(F)(F)F)c2cc3ccccc3s2)cc1. The van der Waals surface area contributed by atoms with Gasteiger partial charge in [0.15, 0.2) is 0 Å². The van der Waals surface area contributed by atoms with Crippen LogP contribution in [-0.2, 0) is 0 Å². The van der Waals surface area contributed by atoms with E-state index in [9.17, 15) is 13.2 Å². The highest BCUT2D eigenvalue weighted by Crippen LogP contribution is 2.38. The largest absolute Gasteiger partial charge is 0.399 e. The topological polar surface area (TPSA) is 29.3 Å². The quantitative estimate of drug-likeness (QED) is 0.446. The van der Waals surface area contributed by atoms with Crippen LogP contribution in [0.5, 0.6) is 0 Å². The van der Waals surface area contributed by atoms with Crippen molar-refractivity contribution in [2.45, 2.75) is 17.5 Å². The average Bonchev–Trinajstić information content (AvgIpc) is 2.96. The van der Waals surface area contributed by atoms with Crippen LogP contribution < -0.4 is 10.0 Å². The summed E-state index contributed by atoms with van der Waals surface area (Å²) in [6.07, 6.45) is -5.04. The van der Waals surface area contributed by atoms with E-state index in [1.807, 2.05) is 42.5 Å². The predicted molar refractivity (Wildman–Crippen MR) is 96.6 cm³/mol. The molecule has 0 aliphatic carbocycles. The number of nitrogen functional groups attached to an aromatic ring is 1. The zero-order valence-electron chi connectivity index (χ0n) is 12.6. The summed E-state index contributed by atoms with van der Waals surface area (Å²) in [5.74, 6) is 0. The third kappa shape index (κ3) is 4.36. The standard InChI is InChI=1S/C17H15F3N2S2/c18-17(19,20)9-10-22(24-14-7-5-13(21)6-8-14)16-11-12-3-1-2-4-15(12)23-16/h1-8,11H,9-10,21H2. The first-order chi connectivity index (χ1) is 11.4. The van der Waals surface area contributed by atoms with Crippen molar-refractivity contribution in [3.8, 4) is 0 Å². The van der Waals surface area contributed by atoms with Crippen LogP contribution in [0.1, 0.15) is 6.42 Å². The smallest absolute Gasteiger partial charge is 0.390 e. The summed E-state index contributed by atoms with van der Waals surface area (Å²) in [7, 11) is 0. The van der Waals surface area contributed by atoms with Gasteiger partial charge in [-0.1, -0.05) is 18.2 Å². The Kier molecular flexibility index (Phi) is 4.91. The summed E-state index contributed by atoms with van der Waals surface area (Å²) >= 11 is 2.79. The highest BCUT2D eigenvalue weighted by molar-refractivity contribution is 8.00. The van der Waals surface area contributed by atoms with E-state index in [-0.39, 0.29) is 6.54 Å². The molecule has 0 saturated carbocycles. The molecule has 0 aliphatic heterocycles. The molecule has 3 aromatic rings. The number of nitrogens with two attached hydrogens (primary N) is 1. The molecule has 2 aromatic carbocycles. The zero-order chi connectivity index (χ0) is 17.2. The Hall–Kier alpha value is -1.86. The Morgan fingerprint density at radius 2 is 1.75 bits per heavy atom. The fourth-order valence-electron chi connectivity index (χ4n) is 2.18. The Morgan fingerprint density at radius 1 is 1.04 bits per heavy atom. The van der Waals surface area contributed by atoms with E-state index in [0.717, 1.165) is 20.0 Å². The molecule has 24 heavy (non-hydrogen) atoms. The van der Waals surface area contributed by atoms with Crippen molar-refractivity contribution in [3.05, 3.63) is 54.6 Å². The van der Waals surface area contributed by atoms with Gasteiger partial charge >= 0.3 is 6.18 Å². The van der Waals surface area contributed by atoms with Crippen molar-refractivity contribution in [2.24, 2.45) is 0 Å². The second-order valence-electron chi connectivity index (χ2n) is 5.25. The van der Waals surface area contributed by atoms with Crippen molar-refractivity contribution in [3.63, 3.8) is 0 Å². The molecule has 3 rings (SSSR count). The van der Waals surface area contributed by atoms with Crippen LogP contribution in [0.3, 0.4) is 0 Å². The molecule has 0 saturated heterocycles. The van der Waals surface area contributed by atoms with Crippen molar-refractivity contribution in [2.75, 3.05) is 16.6 Å². The molecule has 0 amide bonds. The molecule has 0 spiro atoms.